The van der Waals surface area contributed by atoms with Crippen LogP contribution in [0.4, 0.5) is 15.9 Å². The van der Waals surface area contributed by atoms with Crippen LogP contribution in [0.2, 0.25) is 0 Å². The molecule has 4 aromatic rings. The van der Waals surface area contributed by atoms with Gasteiger partial charge in [-0.25, -0.2) is 4.39 Å². The summed E-state index contributed by atoms with van der Waals surface area (Å²) in [6.07, 6.45) is 4.22. The van der Waals surface area contributed by atoms with Crippen LogP contribution in [-0.2, 0) is 6.42 Å². The van der Waals surface area contributed by atoms with E-state index in [0.29, 0.717) is 23.5 Å². The number of nitrogens with zero attached hydrogens (tertiary/aromatic N) is 3. The SMILES string of the molecule is Cc1ccc(Nc2nnc(Cc3ccncc3)c3ccccc23)cc1F. The monoisotopic (exact) mass is 344 g/mol. The molecule has 2 aromatic carbocycles. The van der Waals surface area contributed by atoms with E-state index in [1.165, 1.54) is 6.07 Å². The molecule has 128 valence electrons. The van der Waals surface area contributed by atoms with Crippen molar-refractivity contribution < 1.29 is 4.39 Å². The van der Waals surface area contributed by atoms with Gasteiger partial charge in [0.15, 0.2) is 5.82 Å². The molecule has 5 heteroatoms. The molecule has 0 amide bonds. The van der Waals surface area contributed by atoms with E-state index >= 15 is 0 Å². The van der Waals surface area contributed by atoms with Gasteiger partial charge in [0.2, 0.25) is 0 Å². The van der Waals surface area contributed by atoms with Gasteiger partial charge in [0.05, 0.1) is 5.69 Å². The van der Waals surface area contributed by atoms with E-state index in [2.05, 4.69) is 20.5 Å². The molecule has 0 aliphatic heterocycles. The maximum Gasteiger partial charge on any atom is 0.160 e. The minimum absolute atomic E-state index is 0.249. The second-order valence-electron chi connectivity index (χ2n) is 6.16. The van der Waals surface area contributed by atoms with E-state index in [0.717, 1.165) is 22.0 Å². The summed E-state index contributed by atoms with van der Waals surface area (Å²) in [6.45, 7) is 1.74. The third-order valence-electron chi connectivity index (χ3n) is 4.32. The topological polar surface area (TPSA) is 50.7 Å². The third-order valence-corrected chi connectivity index (χ3v) is 4.32. The summed E-state index contributed by atoms with van der Waals surface area (Å²) in [5.74, 6) is 0.365. The molecule has 0 aliphatic carbocycles. The molecule has 0 radical (unpaired) electrons. The third kappa shape index (κ3) is 3.24. The number of benzene rings is 2. The van der Waals surface area contributed by atoms with Crippen molar-refractivity contribution in [3.63, 3.8) is 0 Å². The van der Waals surface area contributed by atoms with Crippen molar-refractivity contribution in [2.45, 2.75) is 13.3 Å². The average molecular weight is 344 g/mol. The number of hydrogen-bond acceptors (Lipinski definition) is 4. The molecular formula is C21H17FN4. The summed E-state index contributed by atoms with van der Waals surface area (Å²) >= 11 is 0. The van der Waals surface area contributed by atoms with Crippen molar-refractivity contribution in [3.05, 3.63) is 89.6 Å². The molecule has 0 spiro atoms. The summed E-state index contributed by atoms with van der Waals surface area (Å²) in [7, 11) is 0. The molecule has 1 N–H and O–H groups in total. The van der Waals surface area contributed by atoms with E-state index in [-0.39, 0.29) is 5.82 Å². The second-order valence-corrected chi connectivity index (χ2v) is 6.16. The fourth-order valence-electron chi connectivity index (χ4n) is 2.88. The van der Waals surface area contributed by atoms with Crippen molar-refractivity contribution in [3.8, 4) is 0 Å². The summed E-state index contributed by atoms with van der Waals surface area (Å²) in [4.78, 5) is 4.05. The van der Waals surface area contributed by atoms with Gasteiger partial charge in [0, 0.05) is 35.3 Å². The lowest BCUT2D eigenvalue weighted by Crippen LogP contribution is -2.02. The van der Waals surface area contributed by atoms with Gasteiger partial charge in [-0.3, -0.25) is 4.98 Å². The molecule has 2 aromatic heterocycles. The van der Waals surface area contributed by atoms with Gasteiger partial charge in [-0.05, 0) is 42.3 Å². The Labute approximate surface area is 150 Å². The van der Waals surface area contributed by atoms with Crippen LogP contribution in [0, 0.1) is 12.7 Å². The Hall–Kier alpha value is -3.34. The molecule has 0 aliphatic rings. The zero-order valence-electron chi connectivity index (χ0n) is 14.3. The first-order chi connectivity index (χ1) is 12.7. The number of hydrogen-bond donors (Lipinski definition) is 1. The summed E-state index contributed by atoms with van der Waals surface area (Å²) in [5, 5.41) is 13.9. The summed E-state index contributed by atoms with van der Waals surface area (Å²) < 4.78 is 13.8. The first-order valence-electron chi connectivity index (χ1n) is 8.37. The van der Waals surface area contributed by atoms with Crippen LogP contribution < -0.4 is 5.32 Å². The Kier molecular flexibility index (Phi) is 4.27. The smallest absolute Gasteiger partial charge is 0.160 e. The molecule has 0 fully saturated rings. The highest BCUT2D eigenvalue weighted by atomic mass is 19.1. The number of fused-ring (bicyclic) bond motifs is 1. The van der Waals surface area contributed by atoms with Crippen LogP contribution in [0.1, 0.15) is 16.8 Å². The lowest BCUT2D eigenvalue weighted by atomic mass is 10.0. The van der Waals surface area contributed by atoms with Crippen molar-refractivity contribution >= 4 is 22.3 Å². The highest BCUT2D eigenvalue weighted by Gasteiger charge is 2.10. The zero-order valence-corrected chi connectivity index (χ0v) is 14.3. The Morgan fingerprint density at radius 2 is 1.69 bits per heavy atom. The highest BCUT2D eigenvalue weighted by molar-refractivity contribution is 5.94. The van der Waals surface area contributed by atoms with Gasteiger partial charge < -0.3 is 5.32 Å². The normalized spacial score (nSPS) is 10.8. The first-order valence-corrected chi connectivity index (χ1v) is 8.37. The zero-order chi connectivity index (χ0) is 17.9. The predicted molar refractivity (Wildman–Crippen MR) is 101 cm³/mol. The number of aryl methyl sites for hydroxylation is 1. The van der Waals surface area contributed by atoms with Crippen LogP contribution in [0.3, 0.4) is 0 Å². The van der Waals surface area contributed by atoms with E-state index in [1.807, 2.05) is 42.5 Å². The molecule has 2 heterocycles. The fraction of sp³-hybridized carbons (Fsp3) is 0.0952. The molecular weight excluding hydrogens is 327 g/mol. The van der Waals surface area contributed by atoms with Gasteiger partial charge in [-0.15, -0.1) is 5.10 Å². The Balaban J connectivity index is 1.73. The standard InChI is InChI=1S/C21H17FN4/c1-14-6-7-16(13-19(14)22)24-21-18-5-3-2-4-17(18)20(25-26-21)12-15-8-10-23-11-9-15/h2-11,13H,12H2,1H3,(H,24,26). The largest absolute Gasteiger partial charge is 0.338 e. The molecule has 0 saturated carbocycles. The first kappa shape index (κ1) is 16.1. The Bertz CT molecular complexity index is 1060. The Morgan fingerprint density at radius 3 is 2.46 bits per heavy atom. The van der Waals surface area contributed by atoms with Crippen LogP contribution in [0.15, 0.2) is 67.0 Å². The molecule has 4 nitrogen and oxygen atoms in total. The van der Waals surface area contributed by atoms with Crippen LogP contribution >= 0.6 is 0 Å². The molecule has 26 heavy (non-hydrogen) atoms. The van der Waals surface area contributed by atoms with E-state index in [9.17, 15) is 4.39 Å². The lowest BCUT2D eigenvalue weighted by Gasteiger charge is -2.11. The molecule has 0 unspecified atom stereocenters. The molecule has 0 saturated heterocycles. The van der Waals surface area contributed by atoms with Gasteiger partial charge in [-0.2, -0.15) is 5.10 Å². The summed E-state index contributed by atoms with van der Waals surface area (Å²) in [6, 6.07) is 16.9. The maximum absolute atomic E-state index is 13.8. The number of halogens is 1. The van der Waals surface area contributed by atoms with Crippen LogP contribution in [0.5, 0.6) is 0 Å². The van der Waals surface area contributed by atoms with Crippen molar-refractivity contribution in [1.82, 2.24) is 15.2 Å². The van der Waals surface area contributed by atoms with Gasteiger partial charge in [0.25, 0.3) is 0 Å². The fourth-order valence-corrected chi connectivity index (χ4v) is 2.88. The average Bonchev–Trinajstić information content (AvgIpc) is 2.67. The van der Waals surface area contributed by atoms with Crippen LogP contribution in [0.25, 0.3) is 10.8 Å². The maximum atomic E-state index is 13.8. The highest BCUT2D eigenvalue weighted by Crippen LogP contribution is 2.27. The predicted octanol–water partition coefficient (Wildman–Crippen LogP) is 4.81. The van der Waals surface area contributed by atoms with Gasteiger partial charge in [-0.1, -0.05) is 30.3 Å². The van der Waals surface area contributed by atoms with Crippen molar-refractivity contribution in [1.29, 1.82) is 0 Å². The molecule has 4 rings (SSSR count). The molecule has 0 bridgehead atoms. The quantitative estimate of drug-likeness (QED) is 0.577. The van der Waals surface area contributed by atoms with Gasteiger partial charge >= 0.3 is 0 Å². The van der Waals surface area contributed by atoms with Crippen molar-refractivity contribution in [2.24, 2.45) is 0 Å². The minimum Gasteiger partial charge on any atom is -0.338 e. The second kappa shape index (κ2) is 6.88. The van der Waals surface area contributed by atoms with E-state index in [4.69, 9.17) is 0 Å². The number of nitrogens with one attached hydrogen (secondary N) is 1. The molecule has 0 atom stereocenters. The van der Waals surface area contributed by atoms with E-state index in [1.54, 1.807) is 25.4 Å². The van der Waals surface area contributed by atoms with Crippen LogP contribution in [-0.4, -0.2) is 15.2 Å². The van der Waals surface area contributed by atoms with E-state index < -0.39 is 0 Å². The lowest BCUT2D eigenvalue weighted by molar-refractivity contribution is 0.619. The minimum atomic E-state index is -0.249. The number of anilines is 2. The van der Waals surface area contributed by atoms with Crippen molar-refractivity contribution in [2.75, 3.05) is 5.32 Å². The van der Waals surface area contributed by atoms with Gasteiger partial charge in [0.1, 0.15) is 5.82 Å². The Morgan fingerprint density at radius 1 is 0.923 bits per heavy atom. The number of rotatable bonds is 4. The number of aromatic nitrogens is 3. The number of pyridine rings is 1. The summed E-state index contributed by atoms with van der Waals surface area (Å²) in [5.41, 5.74) is 3.28.